The van der Waals surface area contributed by atoms with Gasteiger partial charge in [0.05, 0.1) is 18.4 Å². The van der Waals surface area contributed by atoms with E-state index in [2.05, 4.69) is 10.6 Å². The van der Waals surface area contributed by atoms with Gasteiger partial charge in [0.15, 0.2) is 5.11 Å². The summed E-state index contributed by atoms with van der Waals surface area (Å²) in [5.74, 6) is 0.451. The summed E-state index contributed by atoms with van der Waals surface area (Å²) in [7, 11) is -0.523. The van der Waals surface area contributed by atoms with Crippen LogP contribution in [0.5, 0.6) is 5.75 Å². The second kappa shape index (κ2) is 11.0. The van der Waals surface area contributed by atoms with Gasteiger partial charge in [-0.25, -0.2) is 8.42 Å². The summed E-state index contributed by atoms with van der Waals surface area (Å²) in [6, 6.07) is 22.8. The van der Waals surface area contributed by atoms with E-state index in [1.807, 2.05) is 42.5 Å². The van der Waals surface area contributed by atoms with E-state index in [1.54, 1.807) is 38.4 Å². The van der Waals surface area contributed by atoms with Crippen molar-refractivity contribution in [3.8, 4) is 5.75 Å². The Morgan fingerprint density at radius 2 is 1.58 bits per heavy atom. The third kappa shape index (κ3) is 6.85. The predicted molar refractivity (Wildman–Crippen MR) is 133 cm³/mol. The third-order valence-corrected chi connectivity index (χ3v) is 6.87. The molecule has 0 unspecified atom stereocenters. The van der Waals surface area contributed by atoms with Crippen LogP contribution in [0.1, 0.15) is 11.1 Å². The maximum atomic E-state index is 12.8. The lowest BCUT2D eigenvalue weighted by atomic mass is 10.1. The third-order valence-electron chi connectivity index (χ3n) is 4.85. The number of benzene rings is 3. The van der Waals surface area contributed by atoms with E-state index in [0.717, 1.165) is 11.1 Å². The van der Waals surface area contributed by atoms with Crippen molar-refractivity contribution in [2.75, 3.05) is 19.5 Å². The lowest BCUT2D eigenvalue weighted by Crippen LogP contribution is -2.35. The number of nitrogens with zero attached hydrogens (tertiary/aromatic N) is 1. The van der Waals surface area contributed by atoms with Crippen LogP contribution in [0, 0.1) is 0 Å². The molecule has 3 rings (SSSR count). The number of ether oxygens (including phenoxy) is 1. The second-order valence-corrected chi connectivity index (χ2v) is 9.75. The zero-order chi connectivity index (χ0) is 23.8. The van der Waals surface area contributed by atoms with Crippen molar-refractivity contribution in [3.63, 3.8) is 0 Å². The molecule has 3 aromatic rings. The van der Waals surface area contributed by atoms with E-state index in [4.69, 9.17) is 17.0 Å². The number of anilines is 1. The lowest BCUT2D eigenvalue weighted by molar-refractivity contribution is -0.119. The van der Waals surface area contributed by atoms with Gasteiger partial charge in [0, 0.05) is 19.3 Å². The largest absolute Gasteiger partial charge is 0.497 e. The van der Waals surface area contributed by atoms with Gasteiger partial charge in [-0.05, 0) is 59.7 Å². The van der Waals surface area contributed by atoms with E-state index < -0.39 is 10.0 Å². The second-order valence-electron chi connectivity index (χ2n) is 7.30. The van der Waals surface area contributed by atoms with Crippen molar-refractivity contribution in [2.24, 2.45) is 0 Å². The Labute approximate surface area is 199 Å². The summed E-state index contributed by atoms with van der Waals surface area (Å²) in [6.45, 7) is 0.271. The smallest absolute Gasteiger partial charge is 0.243 e. The normalized spacial score (nSPS) is 11.1. The molecule has 7 nitrogen and oxygen atoms in total. The van der Waals surface area contributed by atoms with Crippen molar-refractivity contribution in [2.45, 2.75) is 17.9 Å². The molecule has 0 aromatic heterocycles. The highest BCUT2D eigenvalue weighted by Gasteiger charge is 2.20. The maximum absolute atomic E-state index is 12.8. The monoisotopic (exact) mass is 483 g/mol. The summed E-state index contributed by atoms with van der Waals surface area (Å²) in [5.41, 5.74) is 2.29. The van der Waals surface area contributed by atoms with Crippen molar-refractivity contribution in [1.29, 1.82) is 0 Å². The van der Waals surface area contributed by atoms with Gasteiger partial charge in [-0.1, -0.05) is 42.5 Å². The lowest BCUT2D eigenvalue weighted by Gasteiger charge is -2.17. The molecule has 0 aliphatic carbocycles. The van der Waals surface area contributed by atoms with Crippen LogP contribution in [0.3, 0.4) is 0 Å². The maximum Gasteiger partial charge on any atom is 0.243 e. The van der Waals surface area contributed by atoms with Gasteiger partial charge in [0.2, 0.25) is 15.9 Å². The van der Waals surface area contributed by atoms with E-state index in [9.17, 15) is 13.2 Å². The van der Waals surface area contributed by atoms with E-state index in [0.29, 0.717) is 11.4 Å². The van der Waals surface area contributed by atoms with Gasteiger partial charge >= 0.3 is 0 Å². The van der Waals surface area contributed by atoms with E-state index in [-0.39, 0.29) is 28.9 Å². The van der Waals surface area contributed by atoms with Crippen molar-refractivity contribution in [3.05, 3.63) is 90.0 Å². The first-order chi connectivity index (χ1) is 15.8. The number of amides is 1. The number of carbonyl (C=O) groups is 1. The van der Waals surface area contributed by atoms with Crippen molar-refractivity contribution < 1.29 is 17.9 Å². The van der Waals surface area contributed by atoms with Crippen LogP contribution < -0.4 is 15.4 Å². The predicted octanol–water partition coefficient (Wildman–Crippen LogP) is 3.57. The van der Waals surface area contributed by atoms with Crippen LogP contribution in [-0.4, -0.2) is 37.9 Å². The summed E-state index contributed by atoms with van der Waals surface area (Å²) in [6.07, 6.45) is 0.163. The van der Waals surface area contributed by atoms with Gasteiger partial charge in [0.1, 0.15) is 5.75 Å². The molecule has 0 saturated heterocycles. The van der Waals surface area contributed by atoms with Crippen LogP contribution in [0.2, 0.25) is 0 Å². The molecule has 0 aliphatic rings. The summed E-state index contributed by atoms with van der Waals surface area (Å²) in [4.78, 5) is 12.4. The molecule has 3 aromatic carbocycles. The zero-order valence-corrected chi connectivity index (χ0v) is 19.9. The highest BCUT2D eigenvalue weighted by Crippen LogP contribution is 2.19. The van der Waals surface area contributed by atoms with Gasteiger partial charge in [0.25, 0.3) is 0 Å². The van der Waals surface area contributed by atoms with Crippen LogP contribution in [0.15, 0.2) is 83.8 Å². The molecule has 172 valence electrons. The first-order valence-electron chi connectivity index (χ1n) is 10.1. The quantitative estimate of drug-likeness (QED) is 0.477. The number of rotatable bonds is 8. The molecule has 0 fully saturated rings. The fourth-order valence-corrected chi connectivity index (χ4v) is 4.47. The molecule has 9 heteroatoms. The number of carbonyl (C=O) groups excluding carboxylic acids is 1. The minimum absolute atomic E-state index is 0.130. The number of hydrogen-bond donors (Lipinski definition) is 2. The summed E-state index contributed by atoms with van der Waals surface area (Å²) < 4.78 is 32.1. The molecular formula is C24H25N3O4S2. The Hall–Kier alpha value is -3.27. The number of hydrogen-bond acceptors (Lipinski definition) is 5. The van der Waals surface area contributed by atoms with E-state index in [1.165, 1.54) is 16.4 Å². The number of methoxy groups -OCH3 is 1. The Morgan fingerprint density at radius 3 is 2.18 bits per heavy atom. The van der Waals surface area contributed by atoms with Gasteiger partial charge < -0.3 is 15.4 Å². The Bertz CT molecular complexity index is 1200. The molecule has 0 spiro atoms. The highest BCUT2D eigenvalue weighted by atomic mass is 32.2. The van der Waals surface area contributed by atoms with Crippen LogP contribution >= 0.6 is 12.2 Å². The zero-order valence-electron chi connectivity index (χ0n) is 18.3. The van der Waals surface area contributed by atoms with Crippen molar-refractivity contribution in [1.82, 2.24) is 9.62 Å². The molecule has 33 heavy (non-hydrogen) atoms. The van der Waals surface area contributed by atoms with Crippen LogP contribution in [0.4, 0.5) is 5.69 Å². The fourth-order valence-electron chi connectivity index (χ4n) is 3.08. The average molecular weight is 484 g/mol. The summed E-state index contributed by atoms with van der Waals surface area (Å²) >= 11 is 5.20. The van der Waals surface area contributed by atoms with Gasteiger partial charge in [-0.3, -0.25) is 4.79 Å². The average Bonchev–Trinajstić information content (AvgIpc) is 2.80. The van der Waals surface area contributed by atoms with Crippen LogP contribution in [-0.2, 0) is 27.8 Å². The number of nitrogens with one attached hydrogen (secondary N) is 2. The first-order valence-corrected chi connectivity index (χ1v) is 12.0. The molecule has 1 amide bonds. The molecule has 0 radical (unpaired) electrons. The molecule has 0 heterocycles. The SMILES string of the molecule is COc1ccc(CC(=O)NC(=S)Nc2ccc(S(=O)(=O)N(C)Cc3ccccc3)cc2)cc1. The molecule has 2 N–H and O–H groups in total. The number of thiocarbonyl (C=S) groups is 1. The Morgan fingerprint density at radius 1 is 0.939 bits per heavy atom. The van der Waals surface area contributed by atoms with Crippen LogP contribution in [0.25, 0.3) is 0 Å². The number of sulfonamides is 1. The summed E-state index contributed by atoms with van der Waals surface area (Å²) in [5, 5.41) is 5.65. The first kappa shape index (κ1) is 24.4. The highest BCUT2D eigenvalue weighted by molar-refractivity contribution is 7.89. The molecular weight excluding hydrogens is 458 g/mol. The Balaban J connectivity index is 1.55. The fraction of sp³-hybridized carbons (Fsp3) is 0.167. The molecule has 0 aliphatic heterocycles. The van der Waals surface area contributed by atoms with Crippen molar-refractivity contribution >= 4 is 38.9 Å². The molecule has 0 atom stereocenters. The van der Waals surface area contributed by atoms with Gasteiger partial charge in [-0.15, -0.1) is 0 Å². The minimum Gasteiger partial charge on any atom is -0.497 e. The Kier molecular flexibility index (Phi) is 8.16. The van der Waals surface area contributed by atoms with E-state index >= 15 is 0 Å². The standard InChI is InChI=1S/C24H25N3O4S2/c1-27(17-19-6-4-3-5-7-19)33(29,30)22-14-10-20(11-15-22)25-24(32)26-23(28)16-18-8-12-21(31-2)13-9-18/h3-15H,16-17H2,1-2H3,(H2,25,26,28,32). The minimum atomic E-state index is -3.65. The topological polar surface area (TPSA) is 87.7 Å². The molecule has 0 saturated carbocycles. The van der Waals surface area contributed by atoms with Gasteiger partial charge in [-0.2, -0.15) is 4.31 Å². The molecule has 0 bridgehead atoms.